The number of aryl methyl sites for hydroxylation is 1. The zero-order valence-corrected chi connectivity index (χ0v) is 12.6. The lowest BCUT2D eigenvalue weighted by molar-refractivity contribution is 0.300. The van der Waals surface area contributed by atoms with Crippen LogP contribution in [0.1, 0.15) is 43.0 Å². The zero-order chi connectivity index (χ0) is 12.8. The van der Waals surface area contributed by atoms with Crippen LogP contribution in [0.4, 0.5) is 0 Å². The number of hydrogen-bond acceptors (Lipinski definition) is 3. The van der Waals surface area contributed by atoms with Crippen molar-refractivity contribution in [2.45, 2.75) is 39.0 Å². The van der Waals surface area contributed by atoms with Gasteiger partial charge in [0, 0.05) is 24.5 Å². The van der Waals surface area contributed by atoms with Gasteiger partial charge in [0.2, 0.25) is 0 Å². The summed E-state index contributed by atoms with van der Waals surface area (Å²) in [7, 11) is 0. The summed E-state index contributed by atoms with van der Waals surface area (Å²) >= 11 is 1.94. The molecule has 1 unspecified atom stereocenters. The van der Waals surface area contributed by atoms with Crippen molar-refractivity contribution in [3.63, 3.8) is 0 Å². The number of nitrogens with one attached hydrogen (secondary N) is 1. The molecule has 18 heavy (non-hydrogen) atoms. The number of thiophene rings is 1. The van der Waals surface area contributed by atoms with Crippen LogP contribution in [-0.4, -0.2) is 37.6 Å². The smallest absolute Gasteiger partial charge is 0.0107 e. The lowest BCUT2D eigenvalue weighted by Gasteiger charge is -2.24. The van der Waals surface area contributed by atoms with Crippen LogP contribution in [0.2, 0.25) is 0 Å². The molecule has 1 aromatic heterocycles. The first kappa shape index (κ1) is 14.0. The first-order chi connectivity index (χ1) is 8.85. The predicted octanol–water partition coefficient (Wildman–Crippen LogP) is 3.10. The van der Waals surface area contributed by atoms with Crippen LogP contribution in [0.25, 0.3) is 0 Å². The maximum atomic E-state index is 3.65. The minimum absolute atomic E-state index is 0.761. The molecule has 1 atom stereocenters. The molecule has 0 bridgehead atoms. The van der Waals surface area contributed by atoms with Gasteiger partial charge >= 0.3 is 0 Å². The van der Waals surface area contributed by atoms with E-state index in [-0.39, 0.29) is 0 Å². The lowest BCUT2D eigenvalue weighted by Crippen LogP contribution is -2.34. The highest BCUT2D eigenvalue weighted by atomic mass is 32.1. The minimum Gasteiger partial charge on any atom is -0.315 e. The van der Waals surface area contributed by atoms with E-state index in [1.807, 2.05) is 11.3 Å². The van der Waals surface area contributed by atoms with Crippen molar-refractivity contribution in [2.75, 3.05) is 32.7 Å². The zero-order valence-electron chi connectivity index (χ0n) is 11.7. The number of nitrogens with zero attached hydrogens (tertiary/aromatic N) is 1. The minimum atomic E-state index is 0.761. The molecule has 3 heteroatoms. The van der Waals surface area contributed by atoms with Gasteiger partial charge in [-0.1, -0.05) is 13.8 Å². The van der Waals surface area contributed by atoms with Crippen LogP contribution in [0.3, 0.4) is 0 Å². The fourth-order valence-electron chi connectivity index (χ4n) is 2.85. The Kier molecular flexibility index (Phi) is 5.67. The summed E-state index contributed by atoms with van der Waals surface area (Å²) < 4.78 is 0. The van der Waals surface area contributed by atoms with Gasteiger partial charge in [-0.2, -0.15) is 0 Å². The van der Waals surface area contributed by atoms with Gasteiger partial charge in [0.05, 0.1) is 0 Å². The molecule has 0 fully saturated rings. The molecule has 0 amide bonds. The second-order valence-electron chi connectivity index (χ2n) is 5.12. The summed E-state index contributed by atoms with van der Waals surface area (Å²) in [6.07, 6.45) is 4.04. The molecule has 1 N–H and O–H groups in total. The van der Waals surface area contributed by atoms with E-state index < -0.39 is 0 Å². The first-order valence-electron chi connectivity index (χ1n) is 7.34. The van der Waals surface area contributed by atoms with Crippen molar-refractivity contribution < 1.29 is 0 Å². The van der Waals surface area contributed by atoms with Gasteiger partial charge in [0.1, 0.15) is 0 Å². The molecule has 1 heterocycles. The third-order valence-corrected chi connectivity index (χ3v) is 5.06. The highest BCUT2D eigenvalue weighted by Crippen LogP contribution is 2.34. The molecule has 0 aromatic carbocycles. The maximum absolute atomic E-state index is 3.65. The standard InChI is InChI=1S/C15H26N2S/c1-3-17(4-2)10-9-16-12-13-6-5-7-15-14(13)8-11-18-15/h8,11,13,16H,3-7,9-10,12H2,1-2H3. The Morgan fingerprint density at radius 2 is 2.22 bits per heavy atom. The molecule has 1 aliphatic rings. The highest BCUT2D eigenvalue weighted by molar-refractivity contribution is 7.10. The van der Waals surface area contributed by atoms with Gasteiger partial charge in [-0.05, 0) is 55.3 Å². The van der Waals surface area contributed by atoms with E-state index in [4.69, 9.17) is 0 Å². The quantitative estimate of drug-likeness (QED) is 0.763. The fraction of sp³-hybridized carbons (Fsp3) is 0.733. The van der Waals surface area contributed by atoms with Gasteiger partial charge in [0.25, 0.3) is 0 Å². The Morgan fingerprint density at radius 3 is 3.00 bits per heavy atom. The average Bonchev–Trinajstić information content (AvgIpc) is 2.88. The van der Waals surface area contributed by atoms with Crippen LogP contribution in [-0.2, 0) is 6.42 Å². The lowest BCUT2D eigenvalue weighted by atomic mass is 9.88. The predicted molar refractivity (Wildman–Crippen MR) is 80.7 cm³/mol. The molecule has 1 aromatic rings. The topological polar surface area (TPSA) is 15.3 Å². The summed E-state index contributed by atoms with van der Waals surface area (Å²) in [5.41, 5.74) is 1.63. The van der Waals surface area contributed by atoms with Gasteiger partial charge in [-0.15, -0.1) is 11.3 Å². The summed E-state index contributed by atoms with van der Waals surface area (Å²) in [5, 5.41) is 5.91. The summed E-state index contributed by atoms with van der Waals surface area (Å²) in [6.45, 7) is 10.3. The normalized spacial score (nSPS) is 19.2. The number of hydrogen-bond donors (Lipinski definition) is 1. The number of rotatable bonds is 7. The third-order valence-electron chi connectivity index (χ3n) is 4.07. The van der Waals surface area contributed by atoms with Crippen molar-refractivity contribution in [2.24, 2.45) is 0 Å². The Balaban J connectivity index is 1.72. The molecule has 1 aliphatic carbocycles. The van der Waals surface area contributed by atoms with Crippen molar-refractivity contribution in [1.82, 2.24) is 10.2 Å². The highest BCUT2D eigenvalue weighted by Gasteiger charge is 2.20. The molecule has 2 rings (SSSR count). The van der Waals surface area contributed by atoms with Crippen molar-refractivity contribution in [3.8, 4) is 0 Å². The summed E-state index contributed by atoms with van der Waals surface area (Å²) in [5.74, 6) is 0.761. The molecule has 0 aliphatic heterocycles. The number of likely N-dealkylation sites (N-methyl/N-ethyl adjacent to an activating group) is 1. The average molecular weight is 266 g/mol. The van der Waals surface area contributed by atoms with Crippen LogP contribution < -0.4 is 5.32 Å². The van der Waals surface area contributed by atoms with E-state index in [0.29, 0.717) is 0 Å². The van der Waals surface area contributed by atoms with Crippen LogP contribution >= 0.6 is 11.3 Å². The van der Waals surface area contributed by atoms with E-state index in [9.17, 15) is 0 Å². The monoisotopic (exact) mass is 266 g/mol. The van der Waals surface area contributed by atoms with E-state index >= 15 is 0 Å². The summed E-state index contributed by atoms with van der Waals surface area (Å²) in [6, 6.07) is 2.34. The number of fused-ring (bicyclic) bond motifs is 1. The Labute approximate surface area is 115 Å². The van der Waals surface area contributed by atoms with Crippen molar-refractivity contribution in [1.29, 1.82) is 0 Å². The molecular formula is C15H26N2S. The van der Waals surface area contributed by atoms with Crippen molar-refractivity contribution in [3.05, 3.63) is 21.9 Å². The third kappa shape index (κ3) is 3.56. The summed E-state index contributed by atoms with van der Waals surface area (Å²) in [4.78, 5) is 4.11. The van der Waals surface area contributed by atoms with E-state index in [1.54, 1.807) is 10.4 Å². The van der Waals surface area contributed by atoms with E-state index in [2.05, 4.69) is 35.5 Å². The Hall–Kier alpha value is -0.380. The molecule has 0 saturated heterocycles. The second-order valence-corrected chi connectivity index (χ2v) is 6.12. The van der Waals surface area contributed by atoms with E-state index in [1.165, 1.54) is 25.8 Å². The van der Waals surface area contributed by atoms with Crippen LogP contribution in [0, 0.1) is 0 Å². The van der Waals surface area contributed by atoms with Crippen molar-refractivity contribution >= 4 is 11.3 Å². The molecule has 0 saturated carbocycles. The van der Waals surface area contributed by atoms with Gasteiger partial charge in [-0.25, -0.2) is 0 Å². The fourth-order valence-corrected chi connectivity index (χ4v) is 3.86. The molecular weight excluding hydrogens is 240 g/mol. The van der Waals surface area contributed by atoms with E-state index in [0.717, 1.165) is 32.1 Å². The largest absolute Gasteiger partial charge is 0.315 e. The van der Waals surface area contributed by atoms with Gasteiger partial charge < -0.3 is 10.2 Å². The Bertz CT molecular complexity index is 344. The maximum Gasteiger partial charge on any atom is 0.0107 e. The SMILES string of the molecule is CCN(CC)CCNCC1CCCc2sccc21. The second kappa shape index (κ2) is 7.27. The molecule has 0 radical (unpaired) electrons. The Morgan fingerprint density at radius 1 is 1.39 bits per heavy atom. The molecule has 102 valence electrons. The molecule has 0 spiro atoms. The van der Waals surface area contributed by atoms with Crippen LogP contribution in [0.5, 0.6) is 0 Å². The first-order valence-corrected chi connectivity index (χ1v) is 8.22. The van der Waals surface area contributed by atoms with Crippen LogP contribution in [0.15, 0.2) is 11.4 Å². The molecule has 2 nitrogen and oxygen atoms in total. The van der Waals surface area contributed by atoms with Gasteiger partial charge in [-0.3, -0.25) is 0 Å². The van der Waals surface area contributed by atoms with Gasteiger partial charge in [0.15, 0.2) is 0 Å².